The van der Waals surface area contributed by atoms with Gasteiger partial charge in [-0.25, -0.2) is 9.67 Å². The highest BCUT2D eigenvalue weighted by molar-refractivity contribution is 6.05. The van der Waals surface area contributed by atoms with E-state index in [2.05, 4.69) is 38.1 Å². The first-order valence-electron chi connectivity index (χ1n) is 8.13. The maximum Gasteiger partial charge on any atom is 0.252 e. The summed E-state index contributed by atoms with van der Waals surface area (Å²) in [5.74, 6) is 0.922. The number of fused-ring (bicyclic) bond motifs is 1. The van der Waals surface area contributed by atoms with Crippen LogP contribution in [0.2, 0.25) is 0 Å². The van der Waals surface area contributed by atoms with Crippen LogP contribution in [0.3, 0.4) is 0 Å². The fourth-order valence-corrected chi connectivity index (χ4v) is 2.58. The average molecular weight is 300 g/mol. The predicted octanol–water partition coefficient (Wildman–Crippen LogP) is 3.28. The maximum absolute atomic E-state index is 12.6. The van der Waals surface area contributed by atoms with Gasteiger partial charge in [0.1, 0.15) is 0 Å². The van der Waals surface area contributed by atoms with E-state index in [-0.39, 0.29) is 11.9 Å². The summed E-state index contributed by atoms with van der Waals surface area (Å²) < 4.78 is 1.90. The molecule has 1 saturated carbocycles. The van der Waals surface area contributed by atoms with Crippen molar-refractivity contribution in [1.82, 2.24) is 20.1 Å². The summed E-state index contributed by atoms with van der Waals surface area (Å²) in [5, 5.41) is 8.29. The van der Waals surface area contributed by atoms with Crippen LogP contribution in [0.1, 0.15) is 68.5 Å². The van der Waals surface area contributed by atoms with Gasteiger partial charge in [-0.1, -0.05) is 13.8 Å². The Morgan fingerprint density at radius 1 is 1.36 bits per heavy atom. The molecular weight excluding hydrogens is 276 g/mol. The topological polar surface area (TPSA) is 59.8 Å². The van der Waals surface area contributed by atoms with Gasteiger partial charge in [0.25, 0.3) is 5.91 Å². The number of rotatable bonds is 5. The molecule has 2 heterocycles. The average Bonchev–Trinajstić information content (AvgIpc) is 3.22. The van der Waals surface area contributed by atoms with Gasteiger partial charge in [0.15, 0.2) is 5.65 Å². The summed E-state index contributed by atoms with van der Waals surface area (Å²) in [6, 6.07) is 2.19. The van der Waals surface area contributed by atoms with E-state index in [1.807, 2.05) is 10.7 Å². The van der Waals surface area contributed by atoms with Crippen molar-refractivity contribution in [3.63, 3.8) is 0 Å². The highest BCUT2D eigenvalue weighted by Gasteiger charge is 2.28. The van der Waals surface area contributed by atoms with E-state index >= 15 is 0 Å². The molecule has 1 aliphatic carbocycles. The fourth-order valence-electron chi connectivity index (χ4n) is 2.58. The van der Waals surface area contributed by atoms with Gasteiger partial charge >= 0.3 is 0 Å². The SMILES string of the molecule is CC(C)CNC(=O)c1cc(C2CC2)nc2c1cnn2C(C)C. The molecular formula is C17H24N4O. The first-order valence-corrected chi connectivity index (χ1v) is 8.13. The second-order valence-corrected chi connectivity index (χ2v) is 6.89. The normalized spacial score (nSPS) is 15.0. The second-order valence-electron chi connectivity index (χ2n) is 6.89. The molecule has 118 valence electrons. The van der Waals surface area contributed by atoms with E-state index in [0.29, 0.717) is 23.9 Å². The minimum atomic E-state index is -0.0219. The Morgan fingerprint density at radius 3 is 2.68 bits per heavy atom. The number of carbonyl (C=O) groups is 1. The van der Waals surface area contributed by atoms with E-state index in [9.17, 15) is 4.79 Å². The standard InChI is InChI=1S/C17H24N4O/c1-10(2)8-18-17(22)13-7-15(12-5-6-12)20-16-14(13)9-19-21(16)11(3)4/h7,9-12H,5-6,8H2,1-4H3,(H,18,22). The number of carbonyl (C=O) groups excluding carboxylic acids is 1. The van der Waals surface area contributed by atoms with Gasteiger partial charge < -0.3 is 5.32 Å². The molecule has 0 aliphatic heterocycles. The third-order valence-corrected chi connectivity index (χ3v) is 3.99. The molecule has 0 saturated heterocycles. The van der Waals surface area contributed by atoms with Gasteiger partial charge in [0.05, 0.1) is 17.1 Å². The zero-order valence-electron chi connectivity index (χ0n) is 13.8. The summed E-state index contributed by atoms with van der Waals surface area (Å²) in [7, 11) is 0. The van der Waals surface area contributed by atoms with Crippen molar-refractivity contribution in [2.24, 2.45) is 5.92 Å². The van der Waals surface area contributed by atoms with Gasteiger partial charge in [-0.2, -0.15) is 5.10 Å². The van der Waals surface area contributed by atoms with Crippen molar-refractivity contribution in [2.45, 2.75) is 52.5 Å². The molecule has 3 rings (SSSR count). The van der Waals surface area contributed by atoms with Gasteiger partial charge in [-0.15, -0.1) is 0 Å². The molecule has 5 heteroatoms. The van der Waals surface area contributed by atoms with Crippen LogP contribution in [0.4, 0.5) is 0 Å². The minimum Gasteiger partial charge on any atom is -0.352 e. The van der Waals surface area contributed by atoms with Crippen molar-refractivity contribution in [3.8, 4) is 0 Å². The molecule has 0 spiro atoms. The number of hydrogen-bond acceptors (Lipinski definition) is 3. The van der Waals surface area contributed by atoms with Crippen LogP contribution < -0.4 is 5.32 Å². The first kappa shape index (κ1) is 15.0. The third-order valence-electron chi connectivity index (χ3n) is 3.99. The largest absolute Gasteiger partial charge is 0.352 e. The molecule has 0 atom stereocenters. The Hall–Kier alpha value is -1.91. The lowest BCUT2D eigenvalue weighted by Crippen LogP contribution is -2.27. The molecule has 0 bridgehead atoms. The summed E-state index contributed by atoms with van der Waals surface area (Å²) in [6.07, 6.45) is 4.10. The number of nitrogens with one attached hydrogen (secondary N) is 1. The maximum atomic E-state index is 12.6. The van der Waals surface area contributed by atoms with E-state index in [1.54, 1.807) is 6.20 Å². The van der Waals surface area contributed by atoms with Crippen LogP contribution in [-0.4, -0.2) is 27.2 Å². The Morgan fingerprint density at radius 2 is 2.09 bits per heavy atom. The van der Waals surface area contributed by atoms with Crippen molar-refractivity contribution < 1.29 is 4.79 Å². The van der Waals surface area contributed by atoms with E-state index in [1.165, 1.54) is 12.8 Å². The van der Waals surface area contributed by atoms with Crippen LogP contribution in [0.5, 0.6) is 0 Å². The van der Waals surface area contributed by atoms with Crippen LogP contribution in [0.25, 0.3) is 11.0 Å². The number of amides is 1. The highest BCUT2D eigenvalue weighted by Crippen LogP contribution is 2.40. The smallest absolute Gasteiger partial charge is 0.252 e. The summed E-state index contributed by atoms with van der Waals surface area (Å²) >= 11 is 0. The summed E-state index contributed by atoms with van der Waals surface area (Å²) in [6.45, 7) is 9.02. The van der Waals surface area contributed by atoms with Crippen molar-refractivity contribution >= 4 is 16.9 Å². The Labute approximate surface area is 131 Å². The number of aromatic nitrogens is 3. The summed E-state index contributed by atoms with van der Waals surface area (Å²) in [5.41, 5.74) is 2.57. The lowest BCUT2D eigenvalue weighted by atomic mass is 10.1. The summed E-state index contributed by atoms with van der Waals surface area (Å²) in [4.78, 5) is 17.3. The monoisotopic (exact) mass is 300 g/mol. The van der Waals surface area contributed by atoms with Gasteiger partial charge in [0, 0.05) is 24.2 Å². The van der Waals surface area contributed by atoms with Crippen LogP contribution >= 0.6 is 0 Å². The van der Waals surface area contributed by atoms with Crippen LogP contribution in [0.15, 0.2) is 12.3 Å². The van der Waals surface area contributed by atoms with E-state index in [4.69, 9.17) is 4.98 Å². The number of pyridine rings is 1. The Bertz CT molecular complexity index is 698. The molecule has 5 nitrogen and oxygen atoms in total. The molecule has 22 heavy (non-hydrogen) atoms. The quantitative estimate of drug-likeness (QED) is 0.922. The third kappa shape index (κ3) is 2.85. The predicted molar refractivity (Wildman–Crippen MR) is 87.1 cm³/mol. The van der Waals surface area contributed by atoms with E-state index in [0.717, 1.165) is 16.7 Å². The molecule has 2 aromatic rings. The fraction of sp³-hybridized carbons (Fsp3) is 0.588. The lowest BCUT2D eigenvalue weighted by molar-refractivity contribution is 0.0950. The first-order chi connectivity index (χ1) is 10.5. The zero-order valence-corrected chi connectivity index (χ0v) is 13.8. The van der Waals surface area contributed by atoms with Crippen molar-refractivity contribution in [1.29, 1.82) is 0 Å². The molecule has 0 radical (unpaired) electrons. The minimum absolute atomic E-state index is 0.0219. The van der Waals surface area contributed by atoms with Crippen LogP contribution in [0, 0.1) is 5.92 Å². The Kier molecular flexibility index (Phi) is 3.89. The molecule has 1 fully saturated rings. The number of nitrogens with zero attached hydrogens (tertiary/aromatic N) is 3. The Balaban J connectivity index is 2.05. The highest BCUT2D eigenvalue weighted by atomic mass is 16.1. The number of hydrogen-bond donors (Lipinski definition) is 1. The van der Waals surface area contributed by atoms with E-state index < -0.39 is 0 Å². The van der Waals surface area contributed by atoms with Crippen molar-refractivity contribution in [3.05, 3.63) is 23.5 Å². The van der Waals surface area contributed by atoms with Crippen molar-refractivity contribution in [2.75, 3.05) is 6.54 Å². The second kappa shape index (κ2) is 5.71. The molecule has 0 unspecified atom stereocenters. The van der Waals surface area contributed by atoms with Gasteiger partial charge in [0.2, 0.25) is 0 Å². The molecule has 1 aliphatic rings. The van der Waals surface area contributed by atoms with Gasteiger partial charge in [-0.05, 0) is 38.7 Å². The molecule has 1 N–H and O–H groups in total. The molecule has 0 aromatic carbocycles. The zero-order chi connectivity index (χ0) is 15.9. The van der Waals surface area contributed by atoms with Gasteiger partial charge in [-0.3, -0.25) is 4.79 Å². The molecule has 1 amide bonds. The lowest BCUT2D eigenvalue weighted by Gasteiger charge is -2.11. The van der Waals surface area contributed by atoms with Crippen LogP contribution in [-0.2, 0) is 0 Å². The molecule has 2 aromatic heterocycles.